The molecule has 0 radical (unpaired) electrons. The van der Waals surface area contributed by atoms with E-state index >= 15 is 0 Å². The van der Waals surface area contributed by atoms with Crippen molar-refractivity contribution in [3.63, 3.8) is 0 Å². The topological polar surface area (TPSA) is 35.5 Å². The molecule has 0 heterocycles. The zero-order valence-electron chi connectivity index (χ0n) is 23.2. The van der Waals surface area contributed by atoms with Gasteiger partial charge < -0.3 is 8.85 Å². The van der Waals surface area contributed by atoms with Crippen molar-refractivity contribution in [3.8, 4) is 11.5 Å². The van der Waals surface area contributed by atoms with Gasteiger partial charge in [-0.15, -0.1) is 0 Å². The molecular formula is C29H46O3Si2. The maximum Gasteiger partial charge on any atom is 0.250 e. The van der Waals surface area contributed by atoms with Crippen LogP contribution >= 0.6 is 0 Å². The van der Waals surface area contributed by atoms with Crippen molar-refractivity contribution in [3.05, 3.63) is 59.7 Å². The van der Waals surface area contributed by atoms with Crippen LogP contribution in [0.5, 0.6) is 11.5 Å². The zero-order chi connectivity index (χ0) is 25.8. The number of hydrogen-bond donors (Lipinski definition) is 0. The van der Waals surface area contributed by atoms with Gasteiger partial charge in [0, 0.05) is 12.8 Å². The average molecular weight is 499 g/mol. The van der Waals surface area contributed by atoms with Crippen LogP contribution in [-0.2, 0) is 17.6 Å². The van der Waals surface area contributed by atoms with Gasteiger partial charge in [-0.05, 0) is 84.5 Å². The molecule has 0 saturated carbocycles. The average Bonchev–Trinajstić information content (AvgIpc) is 2.69. The third kappa shape index (κ3) is 8.12. The summed E-state index contributed by atoms with van der Waals surface area (Å²) in [7, 11) is -3.74. The van der Waals surface area contributed by atoms with Gasteiger partial charge in [0.25, 0.3) is 0 Å². The number of rotatable bonds is 10. The number of carbonyl (C=O) groups excluding carboxylic acids is 1. The SMILES string of the molecule is CC(C)(C)[Si](C)(C)Oc1cccc(CCC(=O)CCc2cccc(O[Si](C)(C)C(C)(C)C)c2)c1. The molecular weight excluding hydrogens is 452 g/mol. The van der Waals surface area contributed by atoms with Crippen LogP contribution in [0, 0.1) is 0 Å². The molecule has 0 aliphatic rings. The van der Waals surface area contributed by atoms with E-state index in [0.717, 1.165) is 35.5 Å². The van der Waals surface area contributed by atoms with Gasteiger partial charge in [-0.2, -0.15) is 0 Å². The van der Waals surface area contributed by atoms with Gasteiger partial charge in [0.1, 0.15) is 17.3 Å². The number of benzene rings is 2. The molecule has 0 aliphatic heterocycles. The minimum atomic E-state index is -1.87. The Balaban J connectivity index is 1.90. The van der Waals surface area contributed by atoms with E-state index in [1.54, 1.807) is 0 Å². The van der Waals surface area contributed by atoms with E-state index in [0.29, 0.717) is 18.6 Å². The molecule has 34 heavy (non-hydrogen) atoms. The highest BCUT2D eigenvalue weighted by molar-refractivity contribution is 6.75. The lowest BCUT2D eigenvalue weighted by Gasteiger charge is -2.36. The second-order valence-corrected chi connectivity index (χ2v) is 22.0. The summed E-state index contributed by atoms with van der Waals surface area (Å²) in [6.45, 7) is 22.5. The molecule has 3 nitrogen and oxygen atoms in total. The van der Waals surface area contributed by atoms with Crippen molar-refractivity contribution in [2.24, 2.45) is 0 Å². The summed E-state index contributed by atoms with van der Waals surface area (Å²) in [5.74, 6) is 2.15. The van der Waals surface area contributed by atoms with Crippen molar-refractivity contribution in [1.29, 1.82) is 0 Å². The number of hydrogen-bond acceptors (Lipinski definition) is 3. The Kier molecular flexibility index (Phi) is 9.03. The van der Waals surface area contributed by atoms with Crippen LogP contribution in [0.25, 0.3) is 0 Å². The normalized spacial score (nSPS) is 13.0. The molecule has 0 aliphatic carbocycles. The Hall–Kier alpha value is -1.86. The third-order valence-electron chi connectivity index (χ3n) is 7.54. The predicted molar refractivity (Wildman–Crippen MR) is 150 cm³/mol. The maximum absolute atomic E-state index is 12.6. The third-order valence-corrected chi connectivity index (χ3v) is 16.3. The quantitative estimate of drug-likeness (QED) is 0.308. The summed E-state index contributed by atoms with van der Waals surface area (Å²) >= 11 is 0. The number of aryl methyl sites for hydroxylation is 2. The van der Waals surface area contributed by atoms with Crippen LogP contribution in [0.15, 0.2) is 48.5 Å². The summed E-state index contributed by atoms with van der Waals surface area (Å²) in [4.78, 5) is 12.6. The molecule has 0 N–H and O–H groups in total. The van der Waals surface area contributed by atoms with Crippen LogP contribution in [0.4, 0.5) is 0 Å². The molecule has 0 fully saturated rings. The number of ketones is 1. The second-order valence-electron chi connectivity index (χ2n) is 12.6. The highest BCUT2D eigenvalue weighted by Gasteiger charge is 2.39. The summed E-state index contributed by atoms with van der Waals surface area (Å²) in [5, 5.41) is 0.317. The van der Waals surface area contributed by atoms with Crippen LogP contribution in [0.3, 0.4) is 0 Å². The van der Waals surface area contributed by atoms with E-state index in [9.17, 15) is 4.79 Å². The van der Waals surface area contributed by atoms with Crippen molar-refractivity contribution < 1.29 is 13.6 Å². The van der Waals surface area contributed by atoms with Crippen LogP contribution in [-0.4, -0.2) is 22.4 Å². The van der Waals surface area contributed by atoms with Gasteiger partial charge in [0.2, 0.25) is 16.6 Å². The largest absolute Gasteiger partial charge is 0.543 e. The summed E-state index contributed by atoms with van der Waals surface area (Å²) in [6, 6.07) is 16.5. The molecule has 0 saturated heterocycles. The Morgan fingerprint density at radius 3 is 1.35 bits per heavy atom. The monoisotopic (exact) mass is 498 g/mol. The fraction of sp³-hybridized carbons (Fsp3) is 0.552. The Morgan fingerprint density at radius 2 is 1.03 bits per heavy atom. The first kappa shape index (κ1) is 28.4. The minimum absolute atomic E-state index is 0.159. The van der Waals surface area contributed by atoms with Crippen molar-refractivity contribution in [1.82, 2.24) is 0 Å². The molecule has 0 unspecified atom stereocenters. The summed E-state index contributed by atoms with van der Waals surface area (Å²) in [6.07, 6.45) is 2.62. The van der Waals surface area contributed by atoms with Crippen LogP contribution in [0.2, 0.25) is 36.3 Å². The molecule has 0 bridgehead atoms. The highest BCUT2D eigenvalue weighted by atomic mass is 28.4. The molecule has 0 atom stereocenters. The van der Waals surface area contributed by atoms with E-state index in [1.807, 2.05) is 24.3 Å². The highest BCUT2D eigenvalue weighted by Crippen LogP contribution is 2.38. The first-order valence-corrected chi connectivity index (χ1v) is 18.4. The van der Waals surface area contributed by atoms with E-state index in [4.69, 9.17) is 8.85 Å². The molecule has 0 aromatic heterocycles. The van der Waals surface area contributed by atoms with E-state index < -0.39 is 16.6 Å². The smallest absolute Gasteiger partial charge is 0.250 e. The molecule has 2 aromatic carbocycles. The minimum Gasteiger partial charge on any atom is -0.543 e. The zero-order valence-corrected chi connectivity index (χ0v) is 25.2. The van der Waals surface area contributed by atoms with Gasteiger partial charge in [0.15, 0.2) is 0 Å². The Labute approximate surface area is 210 Å². The fourth-order valence-electron chi connectivity index (χ4n) is 3.12. The van der Waals surface area contributed by atoms with Gasteiger partial charge in [0.05, 0.1) is 0 Å². The first-order chi connectivity index (χ1) is 15.5. The fourth-order valence-corrected chi connectivity index (χ4v) is 5.16. The summed E-state index contributed by atoms with van der Waals surface area (Å²) < 4.78 is 12.9. The molecule has 2 aromatic rings. The number of Topliss-reactive ketones (excluding diaryl/α,β-unsaturated/α-hetero) is 1. The van der Waals surface area contributed by atoms with Gasteiger partial charge in [-0.25, -0.2) is 0 Å². The Morgan fingerprint density at radius 1 is 0.676 bits per heavy atom. The first-order valence-electron chi connectivity index (χ1n) is 12.6. The lowest BCUT2D eigenvalue weighted by atomic mass is 10.0. The molecule has 188 valence electrons. The molecule has 0 amide bonds. The molecule has 2 rings (SSSR count). The van der Waals surface area contributed by atoms with Crippen molar-refractivity contribution >= 4 is 22.4 Å². The lowest BCUT2D eigenvalue weighted by Crippen LogP contribution is -2.43. The van der Waals surface area contributed by atoms with Crippen molar-refractivity contribution in [2.75, 3.05) is 0 Å². The van der Waals surface area contributed by atoms with E-state index in [1.165, 1.54) is 0 Å². The molecule has 5 heteroatoms. The van der Waals surface area contributed by atoms with Crippen molar-refractivity contribution in [2.45, 2.75) is 103 Å². The lowest BCUT2D eigenvalue weighted by molar-refractivity contribution is -0.119. The van der Waals surface area contributed by atoms with Gasteiger partial charge in [-0.1, -0.05) is 65.8 Å². The van der Waals surface area contributed by atoms with Gasteiger partial charge >= 0.3 is 0 Å². The predicted octanol–water partition coefficient (Wildman–Crippen LogP) is 8.59. The maximum atomic E-state index is 12.6. The van der Waals surface area contributed by atoms with Gasteiger partial charge in [-0.3, -0.25) is 4.79 Å². The Bertz CT molecular complexity index is 888. The van der Waals surface area contributed by atoms with Crippen LogP contribution in [0.1, 0.15) is 65.5 Å². The standard InChI is InChI=1S/C29H46O3Si2/c1-28(2,3)33(7,8)31-26-15-11-13-23(21-26)17-19-25(30)20-18-24-14-12-16-27(22-24)32-34(9,10)29(4,5)6/h11-16,21-22H,17-20H2,1-10H3. The molecule has 0 spiro atoms. The van der Waals surface area contributed by atoms with E-state index in [2.05, 4.69) is 92.0 Å². The number of carbonyl (C=O) groups is 1. The van der Waals surface area contributed by atoms with E-state index in [-0.39, 0.29) is 10.1 Å². The summed E-state index contributed by atoms with van der Waals surface area (Å²) in [5.41, 5.74) is 2.32. The second kappa shape index (κ2) is 10.8. The van der Waals surface area contributed by atoms with Crippen LogP contribution < -0.4 is 8.85 Å².